The van der Waals surface area contributed by atoms with Crippen LogP contribution in [0.5, 0.6) is 0 Å². The van der Waals surface area contributed by atoms with Crippen LogP contribution in [-0.2, 0) is 19.4 Å². The molecule has 0 heterocycles. The van der Waals surface area contributed by atoms with E-state index in [1.807, 2.05) is 119 Å². The van der Waals surface area contributed by atoms with E-state index in [9.17, 15) is 28.0 Å². The molecule has 0 aromatic rings. The van der Waals surface area contributed by atoms with E-state index in [1.165, 1.54) is 12.8 Å². The summed E-state index contributed by atoms with van der Waals surface area (Å²) in [6.07, 6.45) is 40.0. The molecule has 9 heteroatoms. The number of aliphatic hydroxyl groups is 2. The average molecular weight is 726 g/mol. The number of ketones is 1. The highest BCUT2D eigenvalue weighted by atomic mass is 32.3. The molecule has 7 atom stereocenters. The van der Waals surface area contributed by atoms with Crippen LogP contribution in [0.25, 0.3) is 0 Å². The molecule has 0 spiro atoms. The van der Waals surface area contributed by atoms with Gasteiger partial charge in [0.25, 0.3) is 0 Å². The summed E-state index contributed by atoms with van der Waals surface area (Å²) < 4.78 is 37.2. The second kappa shape index (κ2) is 26.6. The summed E-state index contributed by atoms with van der Waals surface area (Å²) in [5.74, 6) is -0.499. The van der Waals surface area contributed by atoms with Crippen molar-refractivity contribution in [2.24, 2.45) is 17.8 Å². The molecule has 1 rings (SSSR count). The molecule has 4 N–H and O–H groups in total. The van der Waals surface area contributed by atoms with Crippen LogP contribution in [0.4, 0.5) is 0 Å². The summed E-state index contributed by atoms with van der Waals surface area (Å²) in [6.45, 7) is 11.1. The minimum absolute atomic E-state index is 0.0409. The standard InChI is InChI=1S/C42H63NO7S/c1-33(38(6)44)27-21-17-13-12-14-18-22-28-34(2)42(46)36(4)40(45)31-23-19-15-10-8-7-9-11-16-20-24-32-41(50-51(47,48)49)35(3)37(5)43-39-29-25-26-30-39/h7-13,15-17,19-24,27-28,31,34-37,39-43,45-46H,14,18,25-26,29-30,32H2,1-6H3,(H,47,48,49)/b9-7+,10-8+,13-12+,16-11+,19-15+,21-17+,24-20+,28-22+,31-23+,33-27+. The Morgan fingerprint density at radius 2 is 1.27 bits per heavy atom. The van der Waals surface area contributed by atoms with Gasteiger partial charge < -0.3 is 15.5 Å². The first-order chi connectivity index (χ1) is 24.2. The third-order valence-corrected chi connectivity index (χ3v) is 9.59. The SMILES string of the molecule is CC(=O)/C(C)=C/C=C/C=C/CC/C=C/C(C)C(O)C(C)C(O)/C=C/C=C/C=C/C=C/C=C/C=C/CC(OS(=O)(=O)O)C(C)C(C)NC1CCCC1. The number of carbonyl (C=O) groups excluding carboxylic acids is 1. The maximum Gasteiger partial charge on any atom is 0.397 e. The zero-order valence-electron chi connectivity index (χ0n) is 31.4. The van der Waals surface area contributed by atoms with E-state index >= 15 is 0 Å². The van der Waals surface area contributed by atoms with Gasteiger partial charge in [-0.25, -0.2) is 4.18 Å². The van der Waals surface area contributed by atoms with Crippen LogP contribution < -0.4 is 5.32 Å². The molecular weight excluding hydrogens is 663 g/mol. The lowest BCUT2D eigenvalue weighted by molar-refractivity contribution is -0.113. The van der Waals surface area contributed by atoms with Crippen molar-refractivity contribution in [2.75, 3.05) is 0 Å². The van der Waals surface area contributed by atoms with E-state index < -0.39 is 28.7 Å². The molecular formula is C42H63NO7S. The normalized spacial score (nSPS) is 20.1. The number of hydrogen-bond donors (Lipinski definition) is 4. The first kappa shape index (κ1) is 45.8. The zero-order chi connectivity index (χ0) is 38.1. The van der Waals surface area contributed by atoms with Crippen molar-refractivity contribution in [1.29, 1.82) is 0 Å². The monoisotopic (exact) mass is 725 g/mol. The molecule has 0 aliphatic heterocycles. The summed E-state index contributed by atoms with van der Waals surface area (Å²) in [4.78, 5) is 11.2. The second-order valence-corrected chi connectivity index (χ2v) is 14.4. The van der Waals surface area contributed by atoms with Crippen LogP contribution in [0, 0.1) is 17.8 Å². The number of Topliss-reactive ketones (excluding diaryl/α,β-unsaturated/α-hetero) is 1. The van der Waals surface area contributed by atoms with Crippen molar-refractivity contribution in [3.8, 4) is 0 Å². The van der Waals surface area contributed by atoms with Crippen LogP contribution in [-0.4, -0.2) is 59.4 Å². The van der Waals surface area contributed by atoms with Gasteiger partial charge in [0.05, 0.1) is 18.3 Å². The lowest BCUT2D eigenvalue weighted by atomic mass is 9.88. The first-order valence-electron chi connectivity index (χ1n) is 18.2. The molecule has 8 nitrogen and oxygen atoms in total. The third-order valence-electron chi connectivity index (χ3n) is 9.10. The van der Waals surface area contributed by atoms with Gasteiger partial charge in [-0.15, -0.1) is 0 Å². The Morgan fingerprint density at radius 1 is 0.745 bits per heavy atom. The molecule has 1 aliphatic carbocycles. The number of carbonyl (C=O) groups is 1. The lowest BCUT2D eigenvalue weighted by Gasteiger charge is -2.30. The Kier molecular flexibility index (Phi) is 23.9. The molecule has 7 unspecified atom stereocenters. The van der Waals surface area contributed by atoms with Gasteiger partial charge in [0.15, 0.2) is 5.78 Å². The Hall–Kier alpha value is -3.18. The Bertz CT molecular complexity index is 1410. The van der Waals surface area contributed by atoms with Gasteiger partial charge in [-0.05, 0) is 64.4 Å². The quantitative estimate of drug-likeness (QED) is 0.0256. The first-order valence-corrected chi connectivity index (χ1v) is 19.5. The van der Waals surface area contributed by atoms with Gasteiger partial charge in [0.1, 0.15) is 0 Å². The fraction of sp³-hybridized carbons (Fsp3) is 0.500. The zero-order valence-corrected chi connectivity index (χ0v) is 32.2. The average Bonchev–Trinajstić information content (AvgIpc) is 3.60. The van der Waals surface area contributed by atoms with E-state index in [2.05, 4.69) is 11.4 Å². The molecule has 0 aromatic heterocycles. The van der Waals surface area contributed by atoms with Crippen molar-refractivity contribution < 1.29 is 32.2 Å². The Labute approximate surface area is 308 Å². The maximum atomic E-state index is 11.4. The van der Waals surface area contributed by atoms with E-state index in [-0.39, 0.29) is 29.6 Å². The molecule has 0 aromatic carbocycles. The predicted octanol–water partition coefficient (Wildman–Crippen LogP) is 8.44. The lowest BCUT2D eigenvalue weighted by Crippen LogP contribution is -2.43. The highest BCUT2D eigenvalue weighted by Crippen LogP contribution is 2.23. The summed E-state index contributed by atoms with van der Waals surface area (Å²) in [5, 5.41) is 24.8. The van der Waals surface area contributed by atoms with Gasteiger partial charge in [-0.1, -0.05) is 149 Å². The number of hydrogen-bond acceptors (Lipinski definition) is 7. The van der Waals surface area contributed by atoms with Crippen LogP contribution in [0.1, 0.15) is 86.5 Å². The minimum atomic E-state index is -4.56. The Morgan fingerprint density at radius 3 is 1.86 bits per heavy atom. The van der Waals surface area contributed by atoms with Gasteiger partial charge in [0, 0.05) is 23.9 Å². The van der Waals surface area contributed by atoms with Gasteiger partial charge in [-0.2, -0.15) is 8.42 Å². The summed E-state index contributed by atoms with van der Waals surface area (Å²) in [5.41, 5.74) is 0.722. The van der Waals surface area contributed by atoms with E-state index in [0.29, 0.717) is 12.5 Å². The minimum Gasteiger partial charge on any atom is -0.392 e. The molecule has 0 saturated heterocycles. The number of nitrogens with one attached hydrogen (secondary N) is 1. The number of unbranched alkanes of at least 4 members (excludes halogenated alkanes) is 1. The summed E-state index contributed by atoms with van der Waals surface area (Å²) >= 11 is 0. The van der Waals surface area contributed by atoms with Crippen LogP contribution in [0.2, 0.25) is 0 Å². The molecule has 1 aliphatic rings. The van der Waals surface area contributed by atoms with Gasteiger partial charge in [0.2, 0.25) is 0 Å². The number of rotatable bonds is 24. The van der Waals surface area contributed by atoms with Crippen LogP contribution in [0.15, 0.2) is 121 Å². The van der Waals surface area contributed by atoms with Crippen molar-refractivity contribution in [3.05, 3.63) is 121 Å². The van der Waals surface area contributed by atoms with Crippen LogP contribution in [0.3, 0.4) is 0 Å². The molecule has 0 radical (unpaired) electrons. The van der Waals surface area contributed by atoms with E-state index in [4.69, 9.17) is 4.18 Å². The van der Waals surface area contributed by atoms with E-state index in [1.54, 1.807) is 32.1 Å². The van der Waals surface area contributed by atoms with Crippen molar-refractivity contribution >= 4 is 16.2 Å². The molecule has 51 heavy (non-hydrogen) atoms. The predicted molar refractivity (Wildman–Crippen MR) is 211 cm³/mol. The van der Waals surface area contributed by atoms with E-state index in [0.717, 1.165) is 31.3 Å². The molecule has 1 saturated carbocycles. The van der Waals surface area contributed by atoms with Gasteiger partial charge in [-0.3, -0.25) is 9.35 Å². The van der Waals surface area contributed by atoms with Crippen molar-refractivity contribution in [1.82, 2.24) is 5.32 Å². The van der Waals surface area contributed by atoms with Crippen molar-refractivity contribution in [2.45, 2.75) is 117 Å². The highest BCUT2D eigenvalue weighted by Gasteiger charge is 2.29. The maximum absolute atomic E-state index is 11.4. The number of aliphatic hydroxyl groups excluding tert-OH is 2. The third kappa shape index (κ3) is 22.4. The Balaban J connectivity index is 2.42. The largest absolute Gasteiger partial charge is 0.397 e. The fourth-order valence-electron chi connectivity index (χ4n) is 5.45. The summed E-state index contributed by atoms with van der Waals surface area (Å²) in [6, 6.07) is 0.483. The molecule has 1 fully saturated rings. The topological polar surface area (TPSA) is 133 Å². The van der Waals surface area contributed by atoms with Crippen molar-refractivity contribution in [3.63, 3.8) is 0 Å². The molecule has 0 amide bonds. The second-order valence-electron chi connectivity index (χ2n) is 13.4. The number of allylic oxidation sites excluding steroid dienone is 17. The van der Waals surface area contributed by atoms with Gasteiger partial charge >= 0.3 is 10.4 Å². The fourth-order valence-corrected chi connectivity index (χ4v) is 6.01. The highest BCUT2D eigenvalue weighted by molar-refractivity contribution is 7.80. The van der Waals surface area contributed by atoms with Crippen LogP contribution >= 0.6 is 0 Å². The molecule has 0 bridgehead atoms. The summed E-state index contributed by atoms with van der Waals surface area (Å²) in [7, 11) is -4.56. The smallest absolute Gasteiger partial charge is 0.392 e. The molecule has 284 valence electrons.